The second-order valence-electron chi connectivity index (χ2n) is 2.55. The van der Waals surface area contributed by atoms with Crippen LogP contribution in [0, 0.1) is 6.92 Å². The van der Waals surface area contributed by atoms with Gasteiger partial charge < -0.3 is 5.11 Å². The van der Waals surface area contributed by atoms with Gasteiger partial charge in [0, 0.05) is 15.8 Å². The molecule has 0 aliphatic heterocycles. The third-order valence-electron chi connectivity index (χ3n) is 1.84. The minimum Gasteiger partial charge on any atom is -0.499 e. The Balaban J connectivity index is 3.27. The minimum absolute atomic E-state index is 0.000185. The lowest BCUT2D eigenvalue weighted by Gasteiger charge is -2.04. The van der Waals surface area contributed by atoms with Gasteiger partial charge in [0.05, 0.1) is 0 Å². The molecule has 3 heteroatoms. The van der Waals surface area contributed by atoms with Gasteiger partial charge >= 0.3 is 0 Å². The molecule has 11 heavy (non-hydrogen) atoms. The van der Waals surface area contributed by atoms with Gasteiger partial charge in [-0.2, -0.15) is 0 Å². The molecule has 0 bridgehead atoms. The Kier molecular flexibility index (Phi) is 2.41. The maximum atomic E-state index is 9.08. The molecule has 1 aromatic carbocycles. The highest BCUT2D eigenvalue weighted by molar-refractivity contribution is 7.80. The summed E-state index contributed by atoms with van der Waals surface area (Å²) in [6.07, 6.45) is 0. The van der Waals surface area contributed by atoms with Crippen LogP contribution in [0.25, 0.3) is 0 Å². The molecule has 0 fully saturated rings. The largest absolute Gasteiger partial charge is 0.499 e. The first kappa shape index (κ1) is 8.42. The standard InChI is InChI=1S/C8H10OSSi/c1-5-6(8(9)10)3-2-4-7(5)11/h2-4H,1,11H3,(H,9,10). The first-order valence-corrected chi connectivity index (χ1v) is 4.83. The van der Waals surface area contributed by atoms with Crippen LogP contribution in [0.4, 0.5) is 0 Å². The number of benzene rings is 1. The third kappa shape index (κ3) is 1.67. The molecule has 0 aromatic heterocycles. The zero-order valence-corrected chi connectivity index (χ0v) is 9.40. The minimum atomic E-state index is 0.000185. The normalized spacial score (nSPS) is 9.91. The predicted octanol–water partition coefficient (Wildman–Crippen LogP) is 0.219. The van der Waals surface area contributed by atoms with Crippen molar-refractivity contribution in [2.75, 3.05) is 0 Å². The van der Waals surface area contributed by atoms with E-state index < -0.39 is 0 Å². The lowest BCUT2D eigenvalue weighted by atomic mass is 10.1. The van der Waals surface area contributed by atoms with E-state index in [-0.39, 0.29) is 5.05 Å². The summed E-state index contributed by atoms with van der Waals surface area (Å²) in [4.78, 5) is 0. The van der Waals surface area contributed by atoms with Crippen molar-refractivity contribution < 1.29 is 5.11 Å². The fourth-order valence-electron chi connectivity index (χ4n) is 0.983. The van der Waals surface area contributed by atoms with Gasteiger partial charge in [-0.1, -0.05) is 23.4 Å². The third-order valence-corrected chi connectivity index (χ3v) is 3.14. The SMILES string of the molecule is Cc1c([SiH3])cccc1C(O)=S. The Hall–Kier alpha value is -0.673. The summed E-state index contributed by atoms with van der Waals surface area (Å²) >= 11 is 4.68. The molecule has 1 N–H and O–H groups in total. The predicted molar refractivity (Wildman–Crippen MR) is 55.1 cm³/mol. The number of hydrogen-bond donors (Lipinski definition) is 1. The Morgan fingerprint density at radius 2 is 2.18 bits per heavy atom. The van der Waals surface area contributed by atoms with Gasteiger partial charge in [0.2, 0.25) is 0 Å². The lowest BCUT2D eigenvalue weighted by Crippen LogP contribution is -2.11. The quantitative estimate of drug-likeness (QED) is 0.495. The van der Waals surface area contributed by atoms with E-state index in [1.54, 1.807) is 0 Å². The van der Waals surface area contributed by atoms with E-state index >= 15 is 0 Å². The van der Waals surface area contributed by atoms with Gasteiger partial charge in [0.1, 0.15) is 0 Å². The lowest BCUT2D eigenvalue weighted by molar-refractivity contribution is 0.570. The average molecular weight is 182 g/mol. The van der Waals surface area contributed by atoms with Crippen molar-refractivity contribution in [3.8, 4) is 0 Å². The Labute approximate surface area is 74.5 Å². The molecular formula is C8H10OSSi. The first-order valence-electron chi connectivity index (χ1n) is 3.42. The number of aliphatic hydroxyl groups excluding tert-OH is 1. The highest BCUT2D eigenvalue weighted by atomic mass is 32.1. The topological polar surface area (TPSA) is 20.2 Å². The molecule has 0 spiro atoms. The van der Waals surface area contributed by atoms with Crippen LogP contribution in [0.1, 0.15) is 11.1 Å². The zero-order chi connectivity index (χ0) is 8.43. The van der Waals surface area contributed by atoms with Gasteiger partial charge in [-0.15, -0.1) is 0 Å². The highest BCUT2D eigenvalue weighted by Gasteiger charge is 2.02. The molecule has 0 saturated heterocycles. The summed E-state index contributed by atoms with van der Waals surface area (Å²) in [7, 11) is 1.000. The van der Waals surface area contributed by atoms with Gasteiger partial charge in [-0.25, -0.2) is 0 Å². The van der Waals surface area contributed by atoms with Crippen molar-refractivity contribution in [2.24, 2.45) is 0 Å². The van der Waals surface area contributed by atoms with Crippen LogP contribution in [0.2, 0.25) is 0 Å². The molecule has 1 rings (SSSR count). The van der Waals surface area contributed by atoms with Gasteiger partial charge in [-0.3, -0.25) is 0 Å². The fraction of sp³-hybridized carbons (Fsp3) is 0.125. The molecule has 0 heterocycles. The van der Waals surface area contributed by atoms with E-state index in [2.05, 4.69) is 18.3 Å². The molecule has 0 amide bonds. The number of hydrogen-bond acceptors (Lipinski definition) is 1. The van der Waals surface area contributed by atoms with Crippen molar-refractivity contribution in [1.82, 2.24) is 0 Å². The zero-order valence-electron chi connectivity index (χ0n) is 6.59. The second-order valence-corrected chi connectivity index (χ2v) is 4.02. The van der Waals surface area contributed by atoms with Gasteiger partial charge in [-0.05, 0) is 24.7 Å². The first-order chi connectivity index (χ1) is 5.13. The molecule has 0 radical (unpaired) electrons. The molecule has 58 valence electrons. The molecule has 0 saturated carbocycles. The maximum absolute atomic E-state index is 9.08. The number of thiocarbonyl (C=S) groups is 1. The van der Waals surface area contributed by atoms with E-state index in [0.29, 0.717) is 0 Å². The summed E-state index contributed by atoms with van der Waals surface area (Å²) in [5.74, 6) is 0. The summed E-state index contributed by atoms with van der Waals surface area (Å²) in [6, 6.07) is 5.83. The van der Waals surface area contributed by atoms with Crippen molar-refractivity contribution in [3.63, 3.8) is 0 Å². The van der Waals surface area contributed by atoms with E-state index in [4.69, 9.17) is 5.11 Å². The second kappa shape index (κ2) is 3.15. The molecule has 1 nitrogen and oxygen atoms in total. The van der Waals surface area contributed by atoms with Crippen molar-refractivity contribution in [1.29, 1.82) is 0 Å². The molecule has 0 aliphatic carbocycles. The fourth-order valence-corrected chi connectivity index (χ4v) is 1.67. The summed E-state index contributed by atoms with van der Waals surface area (Å²) < 4.78 is 0. The number of rotatable bonds is 1. The van der Waals surface area contributed by atoms with Crippen LogP contribution < -0.4 is 5.19 Å². The Morgan fingerprint density at radius 3 is 2.64 bits per heavy atom. The van der Waals surface area contributed by atoms with Crippen molar-refractivity contribution in [2.45, 2.75) is 6.92 Å². The van der Waals surface area contributed by atoms with E-state index in [1.165, 1.54) is 5.19 Å². The molecule has 0 unspecified atom stereocenters. The average Bonchev–Trinajstić information content (AvgIpc) is 1.94. The maximum Gasteiger partial charge on any atom is 0.188 e. The smallest absolute Gasteiger partial charge is 0.188 e. The van der Waals surface area contributed by atoms with Crippen molar-refractivity contribution >= 4 is 32.7 Å². The van der Waals surface area contributed by atoms with E-state index in [1.807, 2.05) is 19.1 Å². The Morgan fingerprint density at radius 1 is 1.55 bits per heavy atom. The van der Waals surface area contributed by atoms with Crippen LogP contribution >= 0.6 is 12.2 Å². The molecule has 1 aromatic rings. The van der Waals surface area contributed by atoms with Crippen LogP contribution in [0.15, 0.2) is 18.2 Å². The summed E-state index contributed by atoms with van der Waals surface area (Å²) in [5, 5.41) is 10.4. The van der Waals surface area contributed by atoms with Gasteiger partial charge in [0.15, 0.2) is 5.05 Å². The van der Waals surface area contributed by atoms with Crippen LogP contribution in [-0.2, 0) is 0 Å². The van der Waals surface area contributed by atoms with Gasteiger partial charge in [0.25, 0.3) is 0 Å². The molecule has 0 aliphatic rings. The van der Waals surface area contributed by atoms with Crippen LogP contribution in [-0.4, -0.2) is 20.4 Å². The van der Waals surface area contributed by atoms with E-state index in [0.717, 1.165) is 21.4 Å². The van der Waals surface area contributed by atoms with Crippen molar-refractivity contribution in [3.05, 3.63) is 29.3 Å². The van der Waals surface area contributed by atoms with E-state index in [9.17, 15) is 0 Å². The highest BCUT2D eigenvalue weighted by Crippen LogP contribution is 2.04. The molecular weight excluding hydrogens is 172 g/mol. The Bertz CT molecular complexity index is 296. The summed E-state index contributed by atoms with van der Waals surface area (Å²) in [5.41, 5.74) is 1.92. The van der Waals surface area contributed by atoms with Crippen LogP contribution in [0.5, 0.6) is 0 Å². The summed E-state index contributed by atoms with van der Waals surface area (Å²) in [6.45, 7) is 1.99. The monoisotopic (exact) mass is 182 g/mol. The number of aliphatic hydroxyl groups is 1. The van der Waals surface area contributed by atoms with Crippen LogP contribution in [0.3, 0.4) is 0 Å². The molecule has 0 atom stereocenters.